The number of hydrogen-bond acceptors (Lipinski definition) is 5. The summed E-state index contributed by atoms with van der Waals surface area (Å²) in [4.78, 5) is 12.0. The molecule has 0 aliphatic carbocycles. The maximum atomic E-state index is 13.1. The van der Waals surface area contributed by atoms with E-state index in [0.29, 0.717) is 16.4 Å². The monoisotopic (exact) mass is 494 g/mol. The van der Waals surface area contributed by atoms with E-state index in [1.807, 2.05) is 6.07 Å². The zero-order valence-corrected chi connectivity index (χ0v) is 20.0. The molecular formula is C23H24ClFN2O5S. The lowest BCUT2D eigenvalue weighted by atomic mass is 10.0. The molecule has 0 spiro atoms. The summed E-state index contributed by atoms with van der Waals surface area (Å²) in [6, 6.07) is 11.7. The molecule has 1 aromatic heterocycles. The van der Waals surface area contributed by atoms with Crippen LogP contribution < -0.4 is 5.32 Å². The number of sulfonamides is 1. The Bertz CT molecular complexity index is 1290. The number of halogens is 2. The Kier molecular flexibility index (Phi) is 6.15. The number of hydrogen-bond donors (Lipinski definition) is 1. The first kappa shape index (κ1) is 23.5. The highest BCUT2D eigenvalue weighted by molar-refractivity contribution is 7.89. The van der Waals surface area contributed by atoms with Crippen molar-refractivity contribution in [3.8, 4) is 11.1 Å². The number of ether oxygens (including phenoxy) is 1. The maximum absolute atomic E-state index is 13.1. The summed E-state index contributed by atoms with van der Waals surface area (Å²) in [5.41, 5.74) is 1.42. The smallest absolute Gasteiger partial charge is 0.408 e. The lowest BCUT2D eigenvalue weighted by molar-refractivity contribution is 0.0520. The Morgan fingerprint density at radius 2 is 1.85 bits per heavy atom. The van der Waals surface area contributed by atoms with E-state index in [1.54, 1.807) is 45.0 Å². The average Bonchev–Trinajstić information content (AvgIpc) is 3.12. The van der Waals surface area contributed by atoms with Gasteiger partial charge in [0.25, 0.3) is 0 Å². The van der Waals surface area contributed by atoms with Gasteiger partial charge in [-0.1, -0.05) is 23.7 Å². The van der Waals surface area contributed by atoms with Crippen LogP contribution in [0.3, 0.4) is 0 Å². The van der Waals surface area contributed by atoms with Crippen molar-refractivity contribution in [2.75, 3.05) is 13.1 Å². The van der Waals surface area contributed by atoms with Gasteiger partial charge in [-0.3, -0.25) is 0 Å². The Labute approximate surface area is 196 Å². The van der Waals surface area contributed by atoms with Crippen LogP contribution in [0.4, 0.5) is 9.18 Å². The summed E-state index contributed by atoms with van der Waals surface area (Å²) in [7, 11) is -3.69. The highest BCUT2D eigenvalue weighted by atomic mass is 35.5. The Morgan fingerprint density at radius 3 is 2.45 bits per heavy atom. The first-order valence-corrected chi connectivity index (χ1v) is 12.2. The SMILES string of the molecule is CC(C)(C)OC(=O)NCc1cc2cc(-c3ccc(S(=O)(=O)N4CC(F)C4)cc3)cc(Cl)c2o1. The minimum atomic E-state index is -3.69. The van der Waals surface area contributed by atoms with Crippen molar-refractivity contribution in [1.82, 2.24) is 9.62 Å². The molecule has 33 heavy (non-hydrogen) atoms. The number of furan rings is 1. The largest absolute Gasteiger partial charge is 0.458 e. The van der Waals surface area contributed by atoms with Crippen molar-refractivity contribution >= 4 is 38.7 Å². The second-order valence-corrected chi connectivity index (χ2v) is 11.2. The van der Waals surface area contributed by atoms with Crippen LogP contribution in [0.1, 0.15) is 26.5 Å². The fourth-order valence-corrected chi connectivity index (χ4v) is 5.20. The predicted octanol–water partition coefficient (Wildman–Crippen LogP) is 5.12. The number of amides is 1. The number of alkyl halides is 1. The van der Waals surface area contributed by atoms with Gasteiger partial charge in [0.1, 0.15) is 17.5 Å². The molecule has 2 aromatic carbocycles. The van der Waals surface area contributed by atoms with E-state index < -0.39 is 27.9 Å². The van der Waals surface area contributed by atoms with E-state index >= 15 is 0 Å². The first-order valence-electron chi connectivity index (χ1n) is 10.4. The van der Waals surface area contributed by atoms with E-state index in [2.05, 4.69) is 5.32 Å². The van der Waals surface area contributed by atoms with E-state index in [4.69, 9.17) is 20.8 Å². The molecule has 0 unspecified atom stereocenters. The van der Waals surface area contributed by atoms with Crippen LogP contribution in [0.2, 0.25) is 5.02 Å². The predicted molar refractivity (Wildman–Crippen MR) is 123 cm³/mol. The molecule has 0 atom stereocenters. The topological polar surface area (TPSA) is 88.8 Å². The highest BCUT2D eigenvalue weighted by Gasteiger charge is 2.36. The van der Waals surface area contributed by atoms with Gasteiger partial charge in [-0.05, 0) is 62.2 Å². The third-order valence-electron chi connectivity index (χ3n) is 5.06. The number of fused-ring (bicyclic) bond motifs is 1. The van der Waals surface area contributed by atoms with Crippen LogP contribution in [0, 0.1) is 0 Å². The Hall–Kier alpha value is -2.62. The van der Waals surface area contributed by atoms with E-state index in [-0.39, 0.29) is 24.5 Å². The number of carbonyl (C=O) groups excluding carboxylic acids is 1. The van der Waals surface area contributed by atoms with E-state index in [0.717, 1.165) is 20.8 Å². The quantitative estimate of drug-likeness (QED) is 0.531. The van der Waals surface area contributed by atoms with E-state index in [9.17, 15) is 17.6 Å². The molecule has 1 aliphatic heterocycles. The zero-order valence-electron chi connectivity index (χ0n) is 18.4. The molecule has 1 N–H and O–H groups in total. The Balaban J connectivity index is 1.52. The number of alkyl carbamates (subject to hydrolysis) is 1. The molecule has 2 heterocycles. The summed E-state index contributed by atoms with van der Waals surface area (Å²) >= 11 is 6.42. The normalized spacial score (nSPS) is 15.4. The van der Waals surface area contributed by atoms with Crippen molar-refractivity contribution in [3.63, 3.8) is 0 Å². The van der Waals surface area contributed by atoms with Crippen molar-refractivity contribution in [2.24, 2.45) is 0 Å². The van der Waals surface area contributed by atoms with Gasteiger partial charge in [0, 0.05) is 18.5 Å². The average molecular weight is 495 g/mol. The molecule has 7 nitrogen and oxygen atoms in total. The summed E-state index contributed by atoms with van der Waals surface area (Å²) in [5.74, 6) is 0.511. The molecule has 1 fully saturated rings. The van der Waals surface area contributed by atoms with Crippen LogP contribution >= 0.6 is 11.6 Å². The molecule has 3 aromatic rings. The Morgan fingerprint density at radius 1 is 1.18 bits per heavy atom. The molecule has 1 amide bonds. The van der Waals surface area contributed by atoms with Crippen molar-refractivity contribution in [2.45, 2.75) is 44.0 Å². The third kappa shape index (κ3) is 5.15. The highest BCUT2D eigenvalue weighted by Crippen LogP contribution is 2.34. The van der Waals surface area contributed by atoms with Gasteiger partial charge >= 0.3 is 6.09 Å². The second-order valence-electron chi connectivity index (χ2n) is 8.89. The summed E-state index contributed by atoms with van der Waals surface area (Å²) in [6.45, 7) is 5.26. The summed E-state index contributed by atoms with van der Waals surface area (Å²) in [5, 5.41) is 3.77. The van der Waals surface area contributed by atoms with Gasteiger partial charge in [-0.15, -0.1) is 0 Å². The number of nitrogens with zero attached hydrogens (tertiary/aromatic N) is 1. The fraction of sp³-hybridized carbons (Fsp3) is 0.348. The minimum Gasteiger partial charge on any atom is -0.458 e. The standard InChI is InChI=1S/C23H24ClFN2O5S/c1-23(2,3)32-22(28)26-11-18-9-16-8-15(10-20(24)21(16)31-18)14-4-6-19(7-5-14)33(29,30)27-12-17(25)13-27/h4-10,17H,11-13H2,1-3H3,(H,26,28). The number of nitrogens with one attached hydrogen (secondary N) is 1. The molecular weight excluding hydrogens is 471 g/mol. The molecule has 10 heteroatoms. The van der Waals surface area contributed by atoms with Gasteiger partial charge in [0.2, 0.25) is 10.0 Å². The molecule has 1 saturated heterocycles. The minimum absolute atomic E-state index is 0.109. The van der Waals surface area contributed by atoms with Crippen molar-refractivity contribution < 1.29 is 26.8 Å². The lowest BCUT2D eigenvalue weighted by Gasteiger charge is -2.33. The van der Waals surface area contributed by atoms with Crippen LogP contribution in [-0.2, 0) is 21.3 Å². The van der Waals surface area contributed by atoms with E-state index in [1.165, 1.54) is 12.1 Å². The second kappa shape index (κ2) is 8.62. The van der Waals surface area contributed by atoms with Crippen molar-refractivity contribution in [3.05, 3.63) is 53.2 Å². The van der Waals surface area contributed by atoms with Gasteiger partial charge in [0.15, 0.2) is 5.58 Å². The van der Waals surface area contributed by atoms with Gasteiger partial charge < -0.3 is 14.5 Å². The molecule has 0 bridgehead atoms. The van der Waals surface area contributed by atoms with Gasteiger partial charge in [-0.2, -0.15) is 4.31 Å². The van der Waals surface area contributed by atoms with Gasteiger partial charge in [-0.25, -0.2) is 17.6 Å². The molecule has 0 saturated carbocycles. The summed E-state index contributed by atoms with van der Waals surface area (Å²) < 4.78 is 50.2. The third-order valence-corrected chi connectivity index (χ3v) is 7.18. The number of rotatable bonds is 5. The fourth-order valence-electron chi connectivity index (χ4n) is 3.44. The van der Waals surface area contributed by atoms with Crippen LogP contribution in [0.25, 0.3) is 22.1 Å². The van der Waals surface area contributed by atoms with Crippen LogP contribution in [-0.4, -0.2) is 43.7 Å². The lowest BCUT2D eigenvalue weighted by Crippen LogP contribution is -2.51. The molecule has 4 rings (SSSR count). The molecule has 176 valence electrons. The van der Waals surface area contributed by atoms with Crippen LogP contribution in [0.15, 0.2) is 51.8 Å². The first-order chi connectivity index (χ1) is 15.4. The van der Waals surface area contributed by atoms with Crippen LogP contribution in [0.5, 0.6) is 0 Å². The van der Waals surface area contributed by atoms with Gasteiger partial charge in [0.05, 0.1) is 16.5 Å². The molecule has 0 radical (unpaired) electrons. The summed E-state index contributed by atoms with van der Waals surface area (Å²) in [6.07, 6.45) is -1.66. The van der Waals surface area contributed by atoms with Crippen molar-refractivity contribution in [1.29, 1.82) is 0 Å². The zero-order chi connectivity index (χ0) is 24.0. The maximum Gasteiger partial charge on any atom is 0.408 e. The number of carbonyl (C=O) groups is 1. The molecule has 1 aliphatic rings. The number of benzene rings is 2.